The predicted octanol–water partition coefficient (Wildman–Crippen LogP) is 3.22. The third-order valence-electron chi connectivity index (χ3n) is 5.07. The number of piperazine rings is 1. The van der Waals surface area contributed by atoms with Crippen molar-refractivity contribution >= 4 is 23.2 Å². The first kappa shape index (κ1) is 20.6. The number of rotatable bonds is 6. The quantitative estimate of drug-likeness (QED) is 0.811. The zero-order chi connectivity index (χ0) is 20.1. The predicted molar refractivity (Wildman–Crippen MR) is 114 cm³/mol. The highest BCUT2D eigenvalue weighted by atomic mass is 32.1. The third-order valence-corrected chi connectivity index (χ3v) is 6.19. The van der Waals surface area contributed by atoms with Gasteiger partial charge in [-0.15, -0.1) is 11.3 Å². The molecule has 1 saturated heterocycles. The van der Waals surface area contributed by atoms with Crippen molar-refractivity contribution < 1.29 is 9.59 Å². The van der Waals surface area contributed by atoms with Crippen molar-refractivity contribution in [2.75, 3.05) is 26.2 Å². The van der Waals surface area contributed by atoms with Gasteiger partial charge in [0.05, 0.1) is 0 Å². The number of hydrogen-bond acceptors (Lipinski definition) is 4. The normalized spacial score (nSPS) is 16.2. The van der Waals surface area contributed by atoms with Crippen LogP contribution < -0.4 is 5.32 Å². The van der Waals surface area contributed by atoms with Gasteiger partial charge in [0.2, 0.25) is 11.8 Å². The number of carbonyl (C=O) groups excluding carboxylic acids is 2. The van der Waals surface area contributed by atoms with E-state index >= 15 is 0 Å². The maximum atomic E-state index is 12.8. The summed E-state index contributed by atoms with van der Waals surface area (Å²) in [6.45, 7) is 9.44. The molecule has 1 aromatic heterocycles. The Morgan fingerprint density at radius 2 is 1.71 bits per heavy atom. The molecule has 3 rings (SSSR count). The van der Waals surface area contributed by atoms with E-state index in [1.807, 2.05) is 36.2 Å². The molecule has 0 radical (unpaired) electrons. The molecule has 0 bridgehead atoms. The first-order chi connectivity index (χ1) is 13.4. The zero-order valence-electron chi connectivity index (χ0n) is 16.9. The van der Waals surface area contributed by atoms with Crippen LogP contribution in [0.4, 0.5) is 0 Å². The fourth-order valence-electron chi connectivity index (χ4n) is 3.50. The van der Waals surface area contributed by atoms with Gasteiger partial charge < -0.3 is 10.2 Å². The molecule has 1 aliphatic heterocycles. The molecule has 5 nitrogen and oxygen atoms in total. The van der Waals surface area contributed by atoms with Crippen LogP contribution in [0.3, 0.4) is 0 Å². The summed E-state index contributed by atoms with van der Waals surface area (Å²) in [5, 5.41) is 2.80. The molecule has 1 aromatic carbocycles. The molecule has 1 atom stereocenters. The maximum Gasteiger partial charge on any atom is 0.245 e. The summed E-state index contributed by atoms with van der Waals surface area (Å²) in [7, 11) is 0. The van der Waals surface area contributed by atoms with Crippen molar-refractivity contribution in [2.45, 2.75) is 33.4 Å². The standard InChI is InChI=1S/C22H29N3O2S/c1-16(2)21(23-17(3)26)22(27)25-13-11-24(12-14-25)15-19-9-10-20(28-19)18-7-5-4-6-8-18/h4-10,16,21H,11-15H2,1-3H3,(H,23,26)/t21-/m0/s1. The highest BCUT2D eigenvalue weighted by molar-refractivity contribution is 7.15. The lowest BCUT2D eigenvalue weighted by Crippen LogP contribution is -2.56. The number of nitrogens with one attached hydrogen (secondary N) is 1. The first-order valence-electron chi connectivity index (χ1n) is 9.86. The molecular formula is C22H29N3O2S. The Kier molecular flexibility index (Phi) is 6.86. The number of amides is 2. The van der Waals surface area contributed by atoms with Crippen LogP contribution in [0.25, 0.3) is 10.4 Å². The summed E-state index contributed by atoms with van der Waals surface area (Å²) in [4.78, 5) is 31.1. The molecule has 2 aromatic rings. The second-order valence-electron chi connectivity index (χ2n) is 7.66. The fraction of sp³-hybridized carbons (Fsp3) is 0.455. The van der Waals surface area contributed by atoms with Crippen molar-refractivity contribution in [2.24, 2.45) is 5.92 Å². The van der Waals surface area contributed by atoms with Gasteiger partial charge in [0, 0.05) is 49.4 Å². The van der Waals surface area contributed by atoms with Gasteiger partial charge in [-0.2, -0.15) is 0 Å². The van der Waals surface area contributed by atoms with Gasteiger partial charge in [-0.05, 0) is 23.6 Å². The first-order valence-corrected chi connectivity index (χ1v) is 10.7. The topological polar surface area (TPSA) is 52.7 Å². The fourth-order valence-corrected chi connectivity index (χ4v) is 4.55. The van der Waals surface area contributed by atoms with Crippen LogP contribution in [0.15, 0.2) is 42.5 Å². The summed E-state index contributed by atoms with van der Waals surface area (Å²) < 4.78 is 0. The van der Waals surface area contributed by atoms with Crippen molar-refractivity contribution in [3.63, 3.8) is 0 Å². The third kappa shape index (κ3) is 5.20. The van der Waals surface area contributed by atoms with Gasteiger partial charge in [0.15, 0.2) is 0 Å². The molecule has 150 valence electrons. The number of carbonyl (C=O) groups is 2. The number of thiophene rings is 1. The number of benzene rings is 1. The van der Waals surface area contributed by atoms with E-state index < -0.39 is 6.04 Å². The minimum absolute atomic E-state index is 0.0346. The highest BCUT2D eigenvalue weighted by Gasteiger charge is 2.30. The zero-order valence-corrected chi connectivity index (χ0v) is 17.7. The Balaban J connectivity index is 1.53. The van der Waals surface area contributed by atoms with Crippen LogP contribution in [0.2, 0.25) is 0 Å². The van der Waals surface area contributed by atoms with Crippen LogP contribution in [0.1, 0.15) is 25.6 Å². The SMILES string of the molecule is CC(=O)N[C@H](C(=O)N1CCN(Cc2ccc(-c3ccccc3)s2)CC1)C(C)C. The van der Waals surface area contributed by atoms with E-state index in [9.17, 15) is 9.59 Å². The Morgan fingerprint density at radius 1 is 1.04 bits per heavy atom. The van der Waals surface area contributed by atoms with Gasteiger partial charge in [-0.25, -0.2) is 0 Å². The van der Waals surface area contributed by atoms with E-state index in [1.54, 1.807) is 0 Å². The van der Waals surface area contributed by atoms with E-state index in [0.29, 0.717) is 13.1 Å². The highest BCUT2D eigenvalue weighted by Crippen LogP contribution is 2.28. The van der Waals surface area contributed by atoms with Gasteiger partial charge in [0.25, 0.3) is 0 Å². The molecule has 2 amide bonds. The van der Waals surface area contributed by atoms with Crippen molar-refractivity contribution in [1.29, 1.82) is 0 Å². The van der Waals surface area contributed by atoms with E-state index in [-0.39, 0.29) is 17.7 Å². The Hall–Kier alpha value is -2.18. The Labute approximate surface area is 171 Å². The summed E-state index contributed by atoms with van der Waals surface area (Å²) >= 11 is 1.83. The second-order valence-corrected chi connectivity index (χ2v) is 8.82. The second kappa shape index (κ2) is 9.34. The van der Waals surface area contributed by atoms with Gasteiger partial charge in [-0.3, -0.25) is 14.5 Å². The monoisotopic (exact) mass is 399 g/mol. The Morgan fingerprint density at radius 3 is 2.32 bits per heavy atom. The molecule has 0 spiro atoms. The van der Waals surface area contributed by atoms with Crippen LogP contribution >= 0.6 is 11.3 Å². The number of hydrogen-bond donors (Lipinski definition) is 1. The van der Waals surface area contributed by atoms with E-state index in [2.05, 4.69) is 46.6 Å². The summed E-state index contributed by atoms with van der Waals surface area (Å²) in [6.07, 6.45) is 0. The summed E-state index contributed by atoms with van der Waals surface area (Å²) in [6, 6.07) is 14.4. The van der Waals surface area contributed by atoms with E-state index in [4.69, 9.17) is 0 Å². The largest absolute Gasteiger partial charge is 0.344 e. The van der Waals surface area contributed by atoms with E-state index in [1.165, 1.54) is 22.2 Å². The van der Waals surface area contributed by atoms with Crippen LogP contribution in [-0.4, -0.2) is 53.8 Å². The van der Waals surface area contributed by atoms with Crippen molar-refractivity contribution in [1.82, 2.24) is 15.1 Å². The van der Waals surface area contributed by atoms with Crippen molar-refractivity contribution in [3.8, 4) is 10.4 Å². The number of nitrogens with zero attached hydrogens (tertiary/aromatic N) is 2. The molecule has 1 aliphatic rings. The molecule has 1 fully saturated rings. The van der Waals surface area contributed by atoms with Crippen molar-refractivity contribution in [3.05, 3.63) is 47.3 Å². The molecule has 0 unspecified atom stereocenters. The molecule has 28 heavy (non-hydrogen) atoms. The minimum Gasteiger partial charge on any atom is -0.344 e. The van der Waals surface area contributed by atoms with E-state index in [0.717, 1.165) is 19.6 Å². The average molecular weight is 400 g/mol. The summed E-state index contributed by atoms with van der Waals surface area (Å²) in [5.41, 5.74) is 1.26. The molecule has 6 heteroatoms. The molecule has 2 heterocycles. The van der Waals surface area contributed by atoms with Gasteiger partial charge >= 0.3 is 0 Å². The average Bonchev–Trinajstić information content (AvgIpc) is 3.15. The van der Waals surface area contributed by atoms with Crippen LogP contribution in [0, 0.1) is 5.92 Å². The molecular weight excluding hydrogens is 370 g/mol. The minimum atomic E-state index is -0.435. The lowest BCUT2D eigenvalue weighted by Gasteiger charge is -2.37. The molecule has 0 saturated carbocycles. The lowest BCUT2D eigenvalue weighted by atomic mass is 10.0. The Bertz CT molecular complexity index is 795. The molecule has 1 N–H and O–H groups in total. The smallest absolute Gasteiger partial charge is 0.245 e. The van der Waals surface area contributed by atoms with Crippen LogP contribution in [-0.2, 0) is 16.1 Å². The maximum absolute atomic E-state index is 12.8. The summed E-state index contributed by atoms with van der Waals surface area (Å²) in [5.74, 6) is -0.0399. The molecule has 0 aliphatic carbocycles. The van der Waals surface area contributed by atoms with Gasteiger partial charge in [0.1, 0.15) is 6.04 Å². The lowest BCUT2D eigenvalue weighted by molar-refractivity contribution is -0.138. The van der Waals surface area contributed by atoms with Gasteiger partial charge in [-0.1, -0.05) is 44.2 Å². The van der Waals surface area contributed by atoms with Crippen LogP contribution in [0.5, 0.6) is 0 Å².